The zero-order chi connectivity index (χ0) is 21.9. The Labute approximate surface area is 183 Å². The van der Waals surface area contributed by atoms with Gasteiger partial charge in [-0.3, -0.25) is 4.79 Å². The first kappa shape index (κ1) is 19.6. The third-order valence-electron chi connectivity index (χ3n) is 5.17. The van der Waals surface area contributed by atoms with E-state index in [0.29, 0.717) is 23.3 Å². The molecule has 0 saturated carbocycles. The summed E-state index contributed by atoms with van der Waals surface area (Å²) < 4.78 is 15.0. The number of rotatable bonds is 5. The number of amides is 1. The van der Waals surface area contributed by atoms with Gasteiger partial charge in [-0.25, -0.2) is 19.0 Å². The molecule has 5 rings (SSSR count). The maximum atomic E-state index is 13.3. The van der Waals surface area contributed by atoms with Gasteiger partial charge >= 0.3 is 0 Å². The van der Waals surface area contributed by atoms with E-state index in [9.17, 15) is 9.18 Å². The van der Waals surface area contributed by atoms with Crippen molar-refractivity contribution in [3.05, 3.63) is 108 Å². The molecule has 2 heterocycles. The van der Waals surface area contributed by atoms with Crippen LogP contribution in [0.3, 0.4) is 0 Å². The van der Waals surface area contributed by atoms with E-state index in [1.165, 1.54) is 18.5 Å². The Hall–Kier alpha value is -4.39. The molecule has 0 unspecified atom stereocenters. The molecule has 0 fully saturated rings. The van der Waals surface area contributed by atoms with E-state index in [2.05, 4.69) is 20.4 Å². The van der Waals surface area contributed by atoms with E-state index in [0.717, 1.165) is 22.2 Å². The van der Waals surface area contributed by atoms with Crippen LogP contribution in [0.15, 0.2) is 91.5 Å². The minimum Gasteiger partial charge on any atom is -0.348 e. The first-order valence-corrected chi connectivity index (χ1v) is 10.1. The van der Waals surface area contributed by atoms with E-state index in [4.69, 9.17) is 0 Å². The molecule has 0 spiro atoms. The number of hydrogen-bond donors (Lipinski definition) is 1. The molecule has 7 heteroatoms. The Morgan fingerprint density at radius 3 is 2.50 bits per heavy atom. The summed E-state index contributed by atoms with van der Waals surface area (Å²) in [5.74, 6) is -0.519. The van der Waals surface area contributed by atoms with E-state index in [1.807, 2.05) is 48.5 Å². The van der Waals surface area contributed by atoms with Gasteiger partial charge in [0, 0.05) is 17.5 Å². The van der Waals surface area contributed by atoms with Crippen LogP contribution >= 0.6 is 0 Å². The molecular weight excluding hydrogens is 405 g/mol. The summed E-state index contributed by atoms with van der Waals surface area (Å²) in [4.78, 5) is 21.7. The van der Waals surface area contributed by atoms with Gasteiger partial charge in [0.05, 0.1) is 22.5 Å². The number of nitrogens with one attached hydrogen (secondary N) is 1. The summed E-state index contributed by atoms with van der Waals surface area (Å²) in [6.07, 6.45) is 3.11. The molecule has 0 aliphatic rings. The number of aromatic nitrogens is 4. The summed E-state index contributed by atoms with van der Waals surface area (Å²) in [7, 11) is 0. The van der Waals surface area contributed by atoms with Crippen molar-refractivity contribution in [3.63, 3.8) is 0 Å². The number of carbonyl (C=O) groups is 1. The number of halogens is 1. The molecule has 1 amide bonds. The van der Waals surface area contributed by atoms with E-state index in [1.54, 1.807) is 29.2 Å². The Balaban J connectivity index is 1.40. The molecule has 6 nitrogen and oxygen atoms in total. The quantitative estimate of drug-likeness (QED) is 0.450. The number of carbonyl (C=O) groups excluding carboxylic acids is 1. The molecule has 2 aromatic heterocycles. The van der Waals surface area contributed by atoms with Crippen molar-refractivity contribution >= 4 is 16.8 Å². The van der Waals surface area contributed by atoms with Crippen molar-refractivity contribution < 1.29 is 9.18 Å². The molecule has 1 N–H and O–H groups in total. The van der Waals surface area contributed by atoms with E-state index >= 15 is 0 Å². The second kappa shape index (κ2) is 8.39. The van der Waals surface area contributed by atoms with Gasteiger partial charge < -0.3 is 5.32 Å². The van der Waals surface area contributed by atoms with Gasteiger partial charge in [-0.05, 0) is 54.1 Å². The highest BCUT2D eigenvalue weighted by molar-refractivity contribution is 6.07. The van der Waals surface area contributed by atoms with Crippen LogP contribution in [-0.2, 0) is 6.54 Å². The second-order valence-electron chi connectivity index (χ2n) is 7.27. The highest BCUT2D eigenvalue weighted by Gasteiger charge is 2.14. The van der Waals surface area contributed by atoms with E-state index < -0.39 is 0 Å². The molecule has 3 aromatic carbocycles. The Kier molecular flexibility index (Phi) is 5.13. The van der Waals surface area contributed by atoms with Gasteiger partial charge in [-0.2, -0.15) is 5.10 Å². The summed E-state index contributed by atoms with van der Waals surface area (Å²) in [6.45, 7) is 0.374. The van der Waals surface area contributed by atoms with Crippen LogP contribution in [0.4, 0.5) is 4.39 Å². The SMILES string of the molecule is O=C(NCc1ccc(-n2cncn2)cc1)c1cc(-c2ccc(F)cc2)nc2ccccc12. The average molecular weight is 423 g/mol. The second-order valence-corrected chi connectivity index (χ2v) is 7.27. The van der Waals surface area contributed by atoms with Crippen LogP contribution in [0.25, 0.3) is 27.8 Å². The van der Waals surface area contributed by atoms with Crippen LogP contribution in [-0.4, -0.2) is 25.7 Å². The fourth-order valence-electron chi connectivity index (χ4n) is 3.52. The molecule has 5 aromatic rings. The third-order valence-corrected chi connectivity index (χ3v) is 5.17. The van der Waals surface area contributed by atoms with Crippen LogP contribution in [0.1, 0.15) is 15.9 Å². The Bertz CT molecular complexity index is 1380. The highest BCUT2D eigenvalue weighted by atomic mass is 19.1. The van der Waals surface area contributed by atoms with Crippen LogP contribution in [0, 0.1) is 5.82 Å². The lowest BCUT2D eigenvalue weighted by Crippen LogP contribution is -2.23. The fourth-order valence-corrected chi connectivity index (χ4v) is 3.52. The summed E-state index contributed by atoms with van der Waals surface area (Å²) in [5, 5.41) is 7.86. The monoisotopic (exact) mass is 423 g/mol. The number of para-hydroxylation sites is 1. The fraction of sp³-hybridized carbons (Fsp3) is 0.0400. The molecule has 0 atom stereocenters. The smallest absolute Gasteiger partial charge is 0.252 e. The minimum atomic E-state index is -0.317. The van der Waals surface area contributed by atoms with Gasteiger partial charge in [-0.15, -0.1) is 0 Å². The zero-order valence-electron chi connectivity index (χ0n) is 16.9. The van der Waals surface area contributed by atoms with Crippen molar-refractivity contribution in [2.45, 2.75) is 6.54 Å². The molecule has 0 radical (unpaired) electrons. The molecule has 0 aliphatic carbocycles. The maximum absolute atomic E-state index is 13.3. The summed E-state index contributed by atoms with van der Waals surface area (Å²) in [5.41, 5.74) is 4.44. The van der Waals surface area contributed by atoms with Gasteiger partial charge in [0.25, 0.3) is 5.91 Å². The molecular formula is C25H18FN5O. The van der Waals surface area contributed by atoms with E-state index in [-0.39, 0.29) is 11.7 Å². The number of fused-ring (bicyclic) bond motifs is 1. The van der Waals surface area contributed by atoms with Gasteiger partial charge in [0.1, 0.15) is 18.5 Å². The number of nitrogens with zero attached hydrogens (tertiary/aromatic N) is 4. The number of hydrogen-bond acceptors (Lipinski definition) is 4. The lowest BCUT2D eigenvalue weighted by molar-refractivity contribution is 0.0952. The van der Waals surface area contributed by atoms with Crippen molar-refractivity contribution in [1.82, 2.24) is 25.1 Å². The predicted octanol–water partition coefficient (Wildman–Crippen LogP) is 4.55. The molecule has 0 bridgehead atoms. The Morgan fingerprint density at radius 1 is 0.969 bits per heavy atom. The predicted molar refractivity (Wildman–Crippen MR) is 120 cm³/mol. The number of pyridine rings is 1. The van der Waals surface area contributed by atoms with Crippen molar-refractivity contribution in [1.29, 1.82) is 0 Å². The average Bonchev–Trinajstić information content (AvgIpc) is 3.38. The van der Waals surface area contributed by atoms with Gasteiger partial charge in [0.2, 0.25) is 0 Å². The zero-order valence-corrected chi connectivity index (χ0v) is 16.9. The summed E-state index contributed by atoms with van der Waals surface area (Å²) >= 11 is 0. The Morgan fingerprint density at radius 2 is 1.75 bits per heavy atom. The maximum Gasteiger partial charge on any atom is 0.252 e. The van der Waals surface area contributed by atoms with Gasteiger partial charge in [0.15, 0.2) is 0 Å². The van der Waals surface area contributed by atoms with Crippen molar-refractivity contribution in [3.8, 4) is 16.9 Å². The first-order valence-electron chi connectivity index (χ1n) is 10.1. The molecule has 0 saturated heterocycles. The third kappa shape index (κ3) is 3.96. The standard InChI is InChI=1S/C25H18FN5O/c26-19-9-7-18(8-10-19)24-13-22(21-3-1-2-4-23(21)30-24)25(32)28-14-17-5-11-20(12-6-17)31-16-27-15-29-31/h1-13,15-16H,14H2,(H,28,32). The van der Waals surface area contributed by atoms with Crippen LogP contribution in [0.2, 0.25) is 0 Å². The van der Waals surface area contributed by atoms with Crippen LogP contribution < -0.4 is 5.32 Å². The lowest BCUT2D eigenvalue weighted by Gasteiger charge is -2.11. The normalized spacial score (nSPS) is 10.9. The molecule has 156 valence electrons. The van der Waals surface area contributed by atoms with Crippen molar-refractivity contribution in [2.24, 2.45) is 0 Å². The highest BCUT2D eigenvalue weighted by Crippen LogP contribution is 2.25. The molecule has 32 heavy (non-hydrogen) atoms. The van der Waals surface area contributed by atoms with Crippen LogP contribution in [0.5, 0.6) is 0 Å². The summed E-state index contributed by atoms with van der Waals surface area (Å²) in [6, 6.07) is 23.0. The topological polar surface area (TPSA) is 72.7 Å². The molecule has 0 aliphatic heterocycles. The lowest BCUT2D eigenvalue weighted by atomic mass is 10.0. The minimum absolute atomic E-state index is 0.202. The van der Waals surface area contributed by atoms with Crippen molar-refractivity contribution in [2.75, 3.05) is 0 Å². The number of benzene rings is 3. The first-order chi connectivity index (χ1) is 15.7. The largest absolute Gasteiger partial charge is 0.348 e. The van der Waals surface area contributed by atoms with Gasteiger partial charge in [-0.1, -0.05) is 30.3 Å².